The van der Waals surface area contributed by atoms with E-state index in [1.54, 1.807) is 13.8 Å². The number of alkyl halides is 1. The highest BCUT2D eigenvalue weighted by Gasteiger charge is 2.64. The molecule has 2 rings (SSSR count). The van der Waals surface area contributed by atoms with Crippen molar-refractivity contribution in [3.63, 3.8) is 0 Å². The van der Waals surface area contributed by atoms with Crippen LogP contribution in [0.2, 0.25) is 0 Å². The molecule has 4 unspecified atom stereocenters. The zero-order chi connectivity index (χ0) is 12.4. The second-order valence-corrected chi connectivity index (χ2v) is 6.38. The van der Waals surface area contributed by atoms with E-state index in [1.165, 1.54) is 13.8 Å². The van der Waals surface area contributed by atoms with E-state index in [0.29, 0.717) is 6.42 Å². The molecule has 16 heavy (non-hydrogen) atoms. The Morgan fingerprint density at radius 2 is 1.75 bits per heavy atom. The summed E-state index contributed by atoms with van der Waals surface area (Å²) in [5.74, 6) is -0.456. The van der Waals surface area contributed by atoms with Crippen molar-refractivity contribution in [2.45, 2.75) is 51.0 Å². The van der Waals surface area contributed by atoms with Crippen molar-refractivity contribution in [1.82, 2.24) is 0 Å². The van der Waals surface area contributed by atoms with E-state index in [0.717, 1.165) is 0 Å². The monoisotopic (exact) mass is 228 g/mol. The fraction of sp³-hybridized carbons (Fsp3) is 0.846. The minimum atomic E-state index is -1.61. The highest BCUT2D eigenvalue weighted by atomic mass is 19.1. The summed E-state index contributed by atoms with van der Waals surface area (Å²) in [5.41, 5.74) is -3.88. The van der Waals surface area contributed by atoms with Crippen LogP contribution in [-0.2, 0) is 0 Å². The van der Waals surface area contributed by atoms with E-state index in [9.17, 15) is 14.6 Å². The number of hydrogen-bond acceptors (Lipinski definition) is 2. The SMILES string of the molecule is CC(C)(O)C1C2C=CC1C(F)(C(C)(C)O)C2. The molecule has 0 radical (unpaired) electrons. The van der Waals surface area contributed by atoms with E-state index in [2.05, 4.69) is 0 Å². The largest absolute Gasteiger partial charge is 0.390 e. The summed E-state index contributed by atoms with van der Waals surface area (Å²) in [4.78, 5) is 0. The number of halogens is 1. The summed E-state index contributed by atoms with van der Waals surface area (Å²) in [7, 11) is 0. The molecule has 0 aromatic rings. The van der Waals surface area contributed by atoms with Crippen LogP contribution in [0.3, 0.4) is 0 Å². The van der Waals surface area contributed by atoms with E-state index in [-0.39, 0.29) is 17.8 Å². The molecule has 2 nitrogen and oxygen atoms in total. The molecule has 2 aliphatic carbocycles. The second-order valence-electron chi connectivity index (χ2n) is 6.38. The van der Waals surface area contributed by atoms with Crippen LogP contribution in [0.1, 0.15) is 34.1 Å². The Bertz CT molecular complexity index is 324. The lowest BCUT2D eigenvalue weighted by Gasteiger charge is -2.39. The van der Waals surface area contributed by atoms with Gasteiger partial charge in [0.25, 0.3) is 0 Å². The van der Waals surface area contributed by atoms with Gasteiger partial charge in [-0.05, 0) is 40.0 Å². The van der Waals surface area contributed by atoms with Gasteiger partial charge in [0, 0.05) is 11.8 Å². The molecule has 2 N–H and O–H groups in total. The van der Waals surface area contributed by atoms with Crippen LogP contribution < -0.4 is 0 Å². The molecule has 0 aliphatic heterocycles. The molecule has 2 bridgehead atoms. The third-order valence-electron chi connectivity index (χ3n) is 4.31. The summed E-state index contributed by atoms with van der Waals surface area (Å²) in [6.07, 6.45) is 4.12. The smallest absolute Gasteiger partial charge is 0.146 e. The fourth-order valence-corrected chi connectivity index (χ4v) is 3.50. The van der Waals surface area contributed by atoms with Crippen LogP contribution in [0.15, 0.2) is 12.2 Å². The molecule has 0 heterocycles. The van der Waals surface area contributed by atoms with Crippen LogP contribution in [0, 0.1) is 17.8 Å². The number of rotatable bonds is 2. The van der Waals surface area contributed by atoms with Gasteiger partial charge in [0.1, 0.15) is 5.67 Å². The van der Waals surface area contributed by atoms with Crippen LogP contribution in [0.4, 0.5) is 4.39 Å². The van der Waals surface area contributed by atoms with Gasteiger partial charge in [0.2, 0.25) is 0 Å². The van der Waals surface area contributed by atoms with Gasteiger partial charge in [0.15, 0.2) is 0 Å². The molecule has 1 fully saturated rings. The van der Waals surface area contributed by atoms with Crippen molar-refractivity contribution >= 4 is 0 Å². The van der Waals surface area contributed by atoms with Gasteiger partial charge in [-0.1, -0.05) is 12.2 Å². The summed E-state index contributed by atoms with van der Waals surface area (Å²) < 4.78 is 14.9. The number of fused-ring (bicyclic) bond motifs is 2. The van der Waals surface area contributed by atoms with E-state index < -0.39 is 16.9 Å². The lowest BCUT2D eigenvalue weighted by Crippen LogP contribution is -2.51. The summed E-state index contributed by atoms with van der Waals surface area (Å²) in [6.45, 7) is 6.48. The molecule has 1 saturated carbocycles. The Hall–Kier alpha value is -0.410. The number of aliphatic hydroxyl groups is 2. The average Bonchev–Trinajstić information content (AvgIpc) is 2.55. The van der Waals surface area contributed by atoms with Crippen LogP contribution >= 0.6 is 0 Å². The lowest BCUT2D eigenvalue weighted by atomic mass is 9.74. The first-order valence-electron chi connectivity index (χ1n) is 5.89. The maximum atomic E-state index is 14.9. The standard InChI is InChI=1S/C13H21FO2/c1-11(2,15)10-8-5-6-9(10)13(14,7-8)12(3,4)16/h5-6,8-10,15-16H,7H2,1-4H3. The molecule has 3 heteroatoms. The van der Waals surface area contributed by atoms with Crippen molar-refractivity contribution in [3.05, 3.63) is 12.2 Å². The quantitative estimate of drug-likeness (QED) is 0.710. The van der Waals surface area contributed by atoms with Crippen molar-refractivity contribution in [2.24, 2.45) is 17.8 Å². The molecule has 0 amide bonds. The molecule has 2 aliphatic rings. The Morgan fingerprint density at radius 1 is 1.19 bits per heavy atom. The van der Waals surface area contributed by atoms with Gasteiger partial charge < -0.3 is 10.2 Å². The van der Waals surface area contributed by atoms with Gasteiger partial charge in [-0.25, -0.2) is 4.39 Å². The first-order valence-corrected chi connectivity index (χ1v) is 5.89. The maximum absolute atomic E-state index is 14.9. The molecule has 0 aromatic carbocycles. The Labute approximate surface area is 96.2 Å². The van der Waals surface area contributed by atoms with Crippen LogP contribution in [-0.4, -0.2) is 27.1 Å². The third-order valence-corrected chi connectivity index (χ3v) is 4.31. The van der Waals surface area contributed by atoms with Gasteiger partial charge in [-0.2, -0.15) is 0 Å². The highest BCUT2D eigenvalue weighted by Crippen LogP contribution is 2.59. The molecule has 0 spiro atoms. The van der Waals surface area contributed by atoms with E-state index >= 15 is 0 Å². The Kier molecular flexibility index (Phi) is 2.32. The first kappa shape index (κ1) is 12.1. The minimum absolute atomic E-state index is 0.0430. The maximum Gasteiger partial charge on any atom is 0.146 e. The zero-order valence-electron chi connectivity index (χ0n) is 10.4. The minimum Gasteiger partial charge on any atom is -0.390 e. The molecule has 4 atom stereocenters. The van der Waals surface area contributed by atoms with Gasteiger partial charge in [-0.15, -0.1) is 0 Å². The Balaban J connectivity index is 2.36. The predicted molar refractivity (Wildman–Crippen MR) is 60.7 cm³/mol. The Morgan fingerprint density at radius 3 is 2.06 bits per heavy atom. The van der Waals surface area contributed by atoms with E-state index in [1.807, 2.05) is 12.2 Å². The van der Waals surface area contributed by atoms with Crippen molar-refractivity contribution < 1.29 is 14.6 Å². The molecular formula is C13H21FO2. The fourth-order valence-electron chi connectivity index (χ4n) is 3.50. The lowest BCUT2D eigenvalue weighted by molar-refractivity contribution is -0.105. The number of hydrogen-bond donors (Lipinski definition) is 2. The summed E-state index contributed by atoms with van der Waals surface area (Å²) in [6, 6.07) is 0. The third kappa shape index (κ3) is 1.45. The highest BCUT2D eigenvalue weighted by molar-refractivity contribution is 5.26. The number of allylic oxidation sites excluding steroid dienone is 2. The van der Waals surface area contributed by atoms with Gasteiger partial charge in [-0.3, -0.25) is 0 Å². The molecular weight excluding hydrogens is 207 g/mol. The first-order chi connectivity index (χ1) is 7.07. The normalized spacial score (nSPS) is 43.1. The molecule has 92 valence electrons. The van der Waals surface area contributed by atoms with Crippen LogP contribution in [0.25, 0.3) is 0 Å². The summed E-state index contributed by atoms with van der Waals surface area (Å²) >= 11 is 0. The predicted octanol–water partition coefficient (Wildman–Crippen LogP) is 2.06. The topological polar surface area (TPSA) is 40.5 Å². The van der Waals surface area contributed by atoms with E-state index in [4.69, 9.17) is 0 Å². The van der Waals surface area contributed by atoms with Gasteiger partial charge >= 0.3 is 0 Å². The second kappa shape index (κ2) is 3.08. The molecule has 0 saturated heterocycles. The van der Waals surface area contributed by atoms with Crippen molar-refractivity contribution in [3.8, 4) is 0 Å². The van der Waals surface area contributed by atoms with Gasteiger partial charge in [0.05, 0.1) is 11.2 Å². The van der Waals surface area contributed by atoms with Crippen LogP contribution in [0.5, 0.6) is 0 Å². The summed E-state index contributed by atoms with van der Waals surface area (Å²) in [5, 5.41) is 20.1. The van der Waals surface area contributed by atoms with Crippen molar-refractivity contribution in [1.29, 1.82) is 0 Å². The zero-order valence-corrected chi connectivity index (χ0v) is 10.4. The molecule has 0 aromatic heterocycles. The van der Waals surface area contributed by atoms with Crippen molar-refractivity contribution in [2.75, 3.05) is 0 Å². The average molecular weight is 228 g/mol.